The first-order valence-corrected chi connectivity index (χ1v) is 7.39. The molecule has 0 aliphatic carbocycles. The molecule has 0 aliphatic rings. The molecule has 18 heavy (non-hydrogen) atoms. The molecule has 0 fully saturated rings. The molecule has 0 saturated heterocycles. The van der Waals surface area contributed by atoms with Gasteiger partial charge in [0.25, 0.3) is 0 Å². The minimum atomic E-state index is -1.31. The predicted octanol–water partition coefficient (Wildman–Crippen LogP) is 4.94. The molecule has 96 valence electrons. The molecule has 1 N–H and O–H groups in total. The fourth-order valence-electron chi connectivity index (χ4n) is 1.57. The maximum absolute atomic E-state index is 13.9. The van der Waals surface area contributed by atoms with Gasteiger partial charge in [-0.15, -0.1) is 11.3 Å². The molecular formula is C12H8Br2F2OS. The molecule has 2 aromatic rings. The van der Waals surface area contributed by atoms with E-state index in [4.69, 9.17) is 0 Å². The van der Waals surface area contributed by atoms with Gasteiger partial charge < -0.3 is 5.11 Å². The van der Waals surface area contributed by atoms with Crippen LogP contribution in [-0.2, 0) is 0 Å². The number of rotatable bonds is 2. The number of thiophene rings is 1. The van der Waals surface area contributed by atoms with Gasteiger partial charge in [0.05, 0.1) is 9.35 Å². The van der Waals surface area contributed by atoms with E-state index >= 15 is 0 Å². The van der Waals surface area contributed by atoms with Crippen molar-refractivity contribution in [3.05, 3.63) is 54.1 Å². The van der Waals surface area contributed by atoms with Crippen molar-refractivity contribution in [2.75, 3.05) is 0 Å². The van der Waals surface area contributed by atoms with E-state index in [1.807, 2.05) is 0 Å². The Morgan fingerprint density at radius 2 is 1.94 bits per heavy atom. The van der Waals surface area contributed by atoms with Gasteiger partial charge in [0.15, 0.2) is 0 Å². The topological polar surface area (TPSA) is 20.2 Å². The third-order valence-electron chi connectivity index (χ3n) is 2.53. The molecule has 0 aliphatic heterocycles. The van der Waals surface area contributed by atoms with E-state index in [1.165, 1.54) is 24.3 Å². The van der Waals surface area contributed by atoms with E-state index in [-0.39, 0.29) is 5.56 Å². The van der Waals surface area contributed by atoms with Crippen molar-refractivity contribution in [1.29, 1.82) is 0 Å². The van der Waals surface area contributed by atoms with E-state index < -0.39 is 17.7 Å². The smallest absolute Gasteiger partial charge is 0.135 e. The van der Waals surface area contributed by atoms with Crippen LogP contribution in [0, 0.1) is 18.6 Å². The minimum absolute atomic E-state index is 0.306. The number of benzene rings is 1. The summed E-state index contributed by atoms with van der Waals surface area (Å²) in [7, 11) is 0. The molecule has 6 heteroatoms. The van der Waals surface area contributed by atoms with Crippen molar-refractivity contribution < 1.29 is 13.9 Å². The summed E-state index contributed by atoms with van der Waals surface area (Å²) in [5.41, 5.74) is -0.00334. The van der Waals surface area contributed by atoms with Crippen molar-refractivity contribution in [3.8, 4) is 0 Å². The number of aliphatic hydroxyl groups excluding tert-OH is 1. The number of aliphatic hydroxyl groups is 1. The third kappa shape index (κ3) is 2.52. The maximum atomic E-state index is 13.9. The lowest BCUT2D eigenvalue weighted by molar-refractivity contribution is 0.212. The second-order valence-corrected chi connectivity index (χ2v) is 7.02. The Hall–Kier alpha value is -0.300. The van der Waals surface area contributed by atoms with Crippen molar-refractivity contribution >= 4 is 43.2 Å². The minimum Gasteiger partial charge on any atom is -0.383 e. The molecule has 2 rings (SSSR count). The summed E-state index contributed by atoms with van der Waals surface area (Å²) in [6.07, 6.45) is -1.31. The molecule has 1 aromatic carbocycles. The molecule has 1 atom stereocenters. The fourth-order valence-corrected chi connectivity index (χ4v) is 3.66. The van der Waals surface area contributed by atoms with Gasteiger partial charge in [0.2, 0.25) is 0 Å². The fraction of sp³-hybridized carbons (Fsp3) is 0.167. The summed E-state index contributed by atoms with van der Waals surface area (Å²) in [4.78, 5) is 0.470. The highest BCUT2D eigenvalue weighted by atomic mass is 79.9. The van der Waals surface area contributed by atoms with Gasteiger partial charge in [-0.3, -0.25) is 0 Å². The number of hydrogen-bond acceptors (Lipinski definition) is 2. The predicted molar refractivity (Wildman–Crippen MR) is 74.9 cm³/mol. The van der Waals surface area contributed by atoms with Crippen LogP contribution in [0.1, 0.15) is 22.1 Å². The Bertz CT molecular complexity index is 579. The first-order valence-electron chi connectivity index (χ1n) is 4.99. The Balaban J connectivity index is 2.52. The average molecular weight is 398 g/mol. The number of aryl methyl sites for hydroxylation is 1. The Labute approximate surface area is 124 Å². The van der Waals surface area contributed by atoms with Crippen molar-refractivity contribution in [2.45, 2.75) is 13.0 Å². The average Bonchev–Trinajstić information content (AvgIpc) is 2.65. The molecule has 0 bridgehead atoms. The molecule has 1 aromatic heterocycles. The van der Waals surface area contributed by atoms with Gasteiger partial charge in [-0.1, -0.05) is 6.07 Å². The third-order valence-corrected chi connectivity index (χ3v) is 5.84. The van der Waals surface area contributed by atoms with Gasteiger partial charge in [-0.25, -0.2) is 8.78 Å². The molecule has 0 amide bonds. The van der Waals surface area contributed by atoms with E-state index in [0.717, 1.165) is 14.3 Å². The lowest BCUT2D eigenvalue weighted by atomic mass is 10.0. The lowest BCUT2D eigenvalue weighted by Crippen LogP contribution is -2.05. The zero-order valence-electron chi connectivity index (χ0n) is 9.18. The van der Waals surface area contributed by atoms with Crippen LogP contribution in [0.15, 0.2) is 26.5 Å². The van der Waals surface area contributed by atoms with Gasteiger partial charge >= 0.3 is 0 Å². The van der Waals surface area contributed by atoms with Crippen molar-refractivity contribution in [1.82, 2.24) is 0 Å². The first-order chi connectivity index (χ1) is 8.41. The van der Waals surface area contributed by atoms with Crippen LogP contribution in [-0.4, -0.2) is 5.11 Å². The molecule has 1 unspecified atom stereocenters. The lowest BCUT2D eigenvalue weighted by Gasteiger charge is -2.12. The number of hydrogen-bond donors (Lipinski definition) is 1. The summed E-state index contributed by atoms with van der Waals surface area (Å²) in [5.74, 6) is -1.45. The molecular weight excluding hydrogens is 390 g/mol. The Kier molecular flexibility index (Phi) is 4.21. The molecule has 0 radical (unpaired) electrons. The van der Waals surface area contributed by atoms with Gasteiger partial charge in [0.1, 0.15) is 17.7 Å². The van der Waals surface area contributed by atoms with Crippen LogP contribution in [0.25, 0.3) is 0 Å². The monoisotopic (exact) mass is 396 g/mol. The summed E-state index contributed by atoms with van der Waals surface area (Å²) < 4.78 is 29.1. The SMILES string of the molecule is Cc1ccc(F)c(C(O)c2cc(Br)c(Br)s2)c1F. The van der Waals surface area contributed by atoms with Crippen molar-refractivity contribution in [3.63, 3.8) is 0 Å². The maximum Gasteiger partial charge on any atom is 0.135 e. The molecule has 0 saturated carbocycles. The van der Waals surface area contributed by atoms with Crippen LogP contribution in [0.2, 0.25) is 0 Å². The van der Waals surface area contributed by atoms with Crippen LogP contribution >= 0.6 is 43.2 Å². The quantitative estimate of drug-likeness (QED) is 0.760. The van der Waals surface area contributed by atoms with Gasteiger partial charge in [-0.2, -0.15) is 0 Å². The van der Waals surface area contributed by atoms with E-state index in [1.54, 1.807) is 6.07 Å². The Morgan fingerprint density at radius 1 is 1.28 bits per heavy atom. The summed E-state index contributed by atoms with van der Waals surface area (Å²) in [6, 6.07) is 4.15. The van der Waals surface area contributed by atoms with Crippen LogP contribution in [0.3, 0.4) is 0 Å². The molecule has 1 heterocycles. The normalized spacial score (nSPS) is 12.8. The summed E-state index contributed by atoms with van der Waals surface area (Å²) in [5, 5.41) is 10.1. The van der Waals surface area contributed by atoms with Gasteiger partial charge in [0, 0.05) is 9.35 Å². The zero-order chi connectivity index (χ0) is 13.4. The highest BCUT2D eigenvalue weighted by molar-refractivity contribution is 9.13. The Morgan fingerprint density at radius 3 is 2.50 bits per heavy atom. The number of halogens is 4. The second-order valence-electron chi connectivity index (χ2n) is 3.76. The molecule has 0 spiro atoms. The van der Waals surface area contributed by atoms with E-state index in [2.05, 4.69) is 31.9 Å². The molecule has 1 nitrogen and oxygen atoms in total. The standard InChI is InChI=1S/C12H8Br2F2OS/c1-5-2-3-7(15)9(10(5)16)11(17)8-4-6(13)12(14)18-8/h2-4,11,17H,1H3. The summed E-state index contributed by atoms with van der Waals surface area (Å²) in [6.45, 7) is 1.53. The largest absolute Gasteiger partial charge is 0.383 e. The van der Waals surface area contributed by atoms with Gasteiger partial charge in [-0.05, 0) is 56.5 Å². The van der Waals surface area contributed by atoms with Crippen LogP contribution in [0.4, 0.5) is 8.78 Å². The zero-order valence-corrected chi connectivity index (χ0v) is 13.2. The van der Waals surface area contributed by atoms with E-state index in [0.29, 0.717) is 10.4 Å². The first kappa shape index (κ1) is 14.1. The summed E-state index contributed by atoms with van der Waals surface area (Å²) >= 11 is 7.78. The highest BCUT2D eigenvalue weighted by Crippen LogP contribution is 2.38. The second kappa shape index (κ2) is 5.36. The van der Waals surface area contributed by atoms with Crippen LogP contribution < -0.4 is 0 Å². The highest BCUT2D eigenvalue weighted by Gasteiger charge is 2.23. The van der Waals surface area contributed by atoms with E-state index in [9.17, 15) is 13.9 Å². The van der Waals surface area contributed by atoms with Crippen molar-refractivity contribution in [2.24, 2.45) is 0 Å². The van der Waals surface area contributed by atoms with Crippen LogP contribution in [0.5, 0.6) is 0 Å².